The Bertz CT molecular complexity index is 1210. The van der Waals surface area contributed by atoms with Gasteiger partial charge in [0.25, 0.3) is 0 Å². The summed E-state index contributed by atoms with van der Waals surface area (Å²) in [5.74, 6) is 5.96. The zero-order valence-electron chi connectivity index (χ0n) is 16.6. The molecule has 2 aliphatic carbocycles. The standard InChI is InChI=1S/C22H21N5O3/c1-12-16-20(26-15(25-12)9-8-13-6-4-3-5-7-13)27(11-24-16)17-14-10-22(14,21(30)23-2)19(29)18(17)28/h3-7,11,14,17-19,28-29H,10H2,1-2H3,(H,23,30)/t14-,17-,18+,19+,22+/m1/s1. The van der Waals surface area contributed by atoms with Crippen LogP contribution in [-0.2, 0) is 4.79 Å². The number of imidazole rings is 1. The molecule has 2 aliphatic rings. The summed E-state index contributed by atoms with van der Waals surface area (Å²) < 4.78 is 1.76. The van der Waals surface area contributed by atoms with Crippen molar-refractivity contribution in [2.24, 2.45) is 11.3 Å². The summed E-state index contributed by atoms with van der Waals surface area (Å²) in [5.41, 5.74) is 1.73. The van der Waals surface area contributed by atoms with Crippen LogP contribution in [-0.4, -0.2) is 54.9 Å². The summed E-state index contributed by atoms with van der Waals surface area (Å²) in [5, 5.41) is 24.0. The molecule has 0 unspecified atom stereocenters. The second kappa shape index (κ2) is 6.62. The average molecular weight is 403 g/mol. The lowest BCUT2D eigenvalue weighted by Crippen LogP contribution is -2.41. The number of aryl methyl sites for hydroxylation is 1. The lowest BCUT2D eigenvalue weighted by Gasteiger charge is -2.23. The lowest BCUT2D eigenvalue weighted by molar-refractivity contribution is -0.132. The van der Waals surface area contributed by atoms with Gasteiger partial charge >= 0.3 is 0 Å². The minimum Gasteiger partial charge on any atom is -0.389 e. The fourth-order valence-corrected chi connectivity index (χ4v) is 4.77. The van der Waals surface area contributed by atoms with Crippen molar-refractivity contribution in [1.29, 1.82) is 0 Å². The summed E-state index contributed by atoms with van der Waals surface area (Å²) in [7, 11) is 1.54. The van der Waals surface area contributed by atoms with E-state index in [1.54, 1.807) is 17.9 Å². The molecular formula is C22H21N5O3. The Morgan fingerprint density at radius 3 is 2.73 bits per heavy atom. The molecule has 0 bridgehead atoms. The van der Waals surface area contributed by atoms with Crippen molar-refractivity contribution >= 4 is 17.1 Å². The molecule has 2 aromatic heterocycles. The van der Waals surface area contributed by atoms with Gasteiger partial charge in [-0.1, -0.05) is 24.1 Å². The van der Waals surface area contributed by atoms with Crippen LogP contribution in [0.3, 0.4) is 0 Å². The Morgan fingerprint density at radius 1 is 1.23 bits per heavy atom. The Labute approximate surface area is 173 Å². The highest BCUT2D eigenvalue weighted by Gasteiger charge is 2.75. The van der Waals surface area contributed by atoms with Crippen molar-refractivity contribution in [2.75, 3.05) is 7.05 Å². The maximum atomic E-state index is 12.4. The normalized spacial score (nSPS) is 29.2. The van der Waals surface area contributed by atoms with E-state index in [1.165, 1.54) is 0 Å². The smallest absolute Gasteiger partial charge is 0.229 e. The first-order valence-electron chi connectivity index (χ1n) is 9.84. The molecule has 3 aromatic rings. The number of amides is 1. The number of fused-ring (bicyclic) bond motifs is 2. The highest BCUT2D eigenvalue weighted by Crippen LogP contribution is 2.67. The van der Waals surface area contributed by atoms with Crippen LogP contribution < -0.4 is 5.32 Å². The third kappa shape index (κ3) is 2.56. The number of nitrogens with one attached hydrogen (secondary N) is 1. The van der Waals surface area contributed by atoms with Crippen molar-refractivity contribution in [3.8, 4) is 11.8 Å². The summed E-state index contributed by atoms with van der Waals surface area (Å²) in [6.07, 6.45) is -0.114. The Morgan fingerprint density at radius 2 is 2.00 bits per heavy atom. The highest BCUT2D eigenvalue weighted by atomic mass is 16.3. The zero-order chi connectivity index (χ0) is 21.0. The summed E-state index contributed by atoms with van der Waals surface area (Å²) in [4.78, 5) is 25.8. The monoisotopic (exact) mass is 403 g/mol. The van der Waals surface area contributed by atoms with Gasteiger partial charge in [0.05, 0.1) is 29.6 Å². The van der Waals surface area contributed by atoms with Crippen molar-refractivity contribution in [2.45, 2.75) is 31.6 Å². The molecule has 0 spiro atoms. The number of hydrogen-bond donors (Lipinski definition) is 3. The number of aliphatic hydroxyl groups excluding tert-OH is 2. The Hall–Kier alpha value is -3.28. The molecule has 0 aliphatic heterocycles. The fraction of sp³-hybridized carbons (Fsp3) is 0.364. The first-order valence-corrected chi connectivity index (χ1v) is 9.84. The van der Waals surface area contributed by atoms with Crippen LogP contribution in [0.1, 0.15) is 29.5 Å². The second-order valence-corrected chi connectivity index (χ2v) is 7.93. The van der Waals surface area contributed by atoms with E-state index in [0.717, 1.165) is 5.56 Å². The van der Waals surface area contributed by atoms with Crippen molar-refractivity contribution < 1.29 is 15.0 Å². The van der Waals surface area contributed by atoms with Crippen LogP contribution in [0, 0.1) is 30.1 Å². The summed E-state index contributed by atoms with van der Waals surface area (Å²) in [6, 6.07) is 9.07. The minimum atomic E-state index is -1.13. The van der Waals surface area contributed by atoms with Crippen LogP contribution in [0.2, 0.25) is 0 Å². The van der Waals surface area contributed by atoms with Gasteiger partial charge in [0.15, 0.2) is 5.65 Å². The van der Waals surface area contributed by atoms with Crippen molar-refractivity contribution in [1.82, 2.24) is 24.8 Å². The molecule has 1 aromatic carbocycles. The molecule has 30 heavy (non-hydrogen) atoms. The topological polar surface area (TPSA) is 113 Å². The van der Waals surface area contributed by atoms with Gasteiger partial charge in [-0.3, -0.25) is 4.79 Å². The quantitative estimate of drug-likeness (QED) is 0.539. The molecule has 2 fully saturated rings. The van der Waals surface area contributed by atoms with Gasteiger partial charge in [0.1, 0.15) is 11.6 Å². The molecule has 8 heteroatoms. The third-order valence-electron chi connectivity index (χ3n) is 6.33. The number of carbonyl (C=O) groups excluding carboxylic acids is 1. The number of hydrogen-bond acceptors (Lipinski definition) is 6. The molecule has 2 heterocycles. The average Bonchev–Trinajstić information content (AvgIpc) is 3.29. The highest BCUT2D eigenvalue weighted by molar-refractivity contribution is 5.87. The van der Waals surface area contributed by atoms with Crippen molar-refractivity contribution in [3.05, 3.63) is 53.7 Å². The predicted molar refractivity (Wildman–Crippen MR) is 108 cm³/mol. The number of aromatic nitrogens is 4. The van der Waals surface area contributed by atoms with E-state index in [-0.39, 0.29) is 11.8 Å². The molecule has 5 rings (SSSR count). The van der Waals surface area contributed by atoms with E-state index in [1.807, 2.05) is 37.3 Å². The second-order valence-electron chi connectivity index (χ2n) is 7.93. The zero-order valence-corrected chi connectivity index (χ0v) is 16.6. The van der Waals surface area contributed by atoms with E-state index >= 15 is 0 Å². The van der Waals surface area contributed by atoms with E-state index in [4.69, 9.17) is 0 Å². The van der Waals surface area contributed by atoms with Crippen LogP contribution in [0.15, 0.2) is 36.7 Å². The van der Waals surface area contributed by atoms with Crippen LogP contribution in [0.5, 0.6) is 0 Å². The van der Waals surface area contributed by atoms with E-state index in [0.29, 0.717) is 29.1 Å². The molecule has 1 amide bonds. The predicted octanol–water partition coefficient (Wildman–Crippen LogP) is 0.563. The van der Waals surface area contributed by atoms with Crippen molar-refractivity contribution in [3.63, 3.8) is 0 Å². The van der Waals surface area contributed by atoms with Crippen LogP contribution in [0.25, 0.3) is 11.2 Å². The van der Waals surface area contributed by atoms with Gasteiger partial charge in [-0.15, -0.1) is 0 Å². The molecule has 0 radical (unpaired) electrons. The molecule has 5 atom stereocenters. The molecule has 3 N–H and O–H groups in total. The molecular weight excluding hydrogens is 382 g/mol. The van der Waals surface area contributed by atoms with Crippen LogP contribution in [0.4, 0.5) is 0 Å². The van der Waals surface area contributed by atoms with E-state index in [2.05, 4.69) is 32.1 Å². The Balaban J connectivity index is 1.56. The van der Waals surface area contributed by atoms with Gasteiger partial charge in [0, 0.05) is 18.5 Å². The van der Waals surface area contributed by atoms with Gasteiger partial charge in [-0.25, -0.2) is 15.0 Å². The SMILES string of the molecule is CNC(=O)[C@@]12C[C@@H]1[C@@H](n1cnc3c(C)nc(C#Cc4ccccc4)nc31)[C@H](O)[C@@H]2O. The largest absolute Gasteiger partial charge is 0.389 e. The van der Waals surface area contributed by atoms with Gasteiger partial charge in [-0.05, 0) is 31.4 Å². The van der Waals surface area contributed by atoms with E-state index < -0.39 is 23.7 Å². The molecule has 152 valence electrons. The maximum Gasteiger partial charge on any atom is 0.229 e. The van der Waals surface area contributed by atoms with E-state index in [9.17, 15) is 15.0 Å². The fourth-order valence-electron chi connectivity index (χ4n) is 4.77. The number of carbonyl (C=O) groups is 1. The van der Waals surface area contributed by atoms with Crippen LogP contribution >= 0.6 is 0 Å². The number of nitrogens with zero attached hydrogens (tertiary/aromatic N) is 4. The number of benzene rings is 1. The van der Waals surface area contributed by atoms with Gasteiger partial charge < -0.3 is 20.1 Å². The number of rotatable bonds is 2. The summed E-state index contributed by atoms with van der Waals surface area (Å²) in [6.45, 7) is 1.83. The lowest BCUT2D eigenvalue weighted by atomic mass is 9.98. The van der Waals surface area contributed by atoms with Gasteiger partial charge in [0.2, 0.25) is 11.7 Å². The number of aliphatic hydroxyl groups is 2. The van der Waals surface area contributed by atoms with Gasteiger partial charge in [-0.2, -0.15) is 0 Å². The molecule has 2 saturated carbocycles. The first kappa shape index (κ1) is 18.7. The molecule has 8 nitrogen and oxygen atoms in total. The third-order valence-corrected chi connectivity index (χ3v) is 6.33. The maximum absolute atomic E-state index is 12.4. The Kier molecular flexibility index (Phi) is 4.13. The first-order chi connectivity index (χ1) is 14.5. The molecule has 0 saturated heterocycles. The minimum absolute atomic E-state index is 0.186. The summed E-state index contributed by atoms with van der Waals surface area (Å²) >= 11 is 0.